The predicted octanol–water partition coefficient (Wildman–Crippen LogP) is 1.78. The minimum Gasteiger partial charge on any atom is -0.381 e. The van der Waals surface area contributed by atoms with Crippen molar-refractivity contribution < 1.29 is 9.53 Å². The molecule has 2 heteroatoms. The molecule has 0 aromatic heterocycles. The van der Waals surface area contributed by atoms with Gasteiger partial charge in [-0.25, -0.2) is 0 Å². The van der Waals surface area contributed by atoms with E-state index in [2.05, 4.69) is 0 Å². The largest absolute Gasteiger partial charge is 0.381 e. The molecule has 0 amide bonds. The highest BCUT2D eigenvalue weighted by atomic mass is 16.5. The Balaban J connectivity index is 2.27. The Labute approximate surface area is 67.9 Å². The van der Waals surface area contributed by atoms with Crippen LogP contribution in [0.15, 0.2) is 0 Å². The Morgan fingerprint density at radius 1 is 1.55 bits per heavy atom. The molecule has 0 aromatic carbocycles. The summed E-state index contributed by atoms with van der Waals surface area (Å²) in [4.78, 5) is 10.2. The van der Waals surface area contributed by atoms with Gasteiger partial charge in [-0.05, 0) is 25.2 Å². The number of aldehydes is 1. The van der Waals surface area contributed by atoms with E-state index < -0.39 is 0 Å². The van der Waals surface area contributed by atoms with Gasteiger partial charge in [0.05, 0.1) is 6.10 Å². The second kappa shape index (κ2) is 4.50. The normalized spacial score (nSPS) is 31.7. The van der Waals surface area contributed by atoms with Crippen LogP contribution in [-0.2, 0) is 9.53 Å². The van der Waals surface area contributed by atoms with Gasteiger partial charge in [-0.3, -0.25) is 0 Å². The van der Waals surface area contributed by atoms with Crippen LogP contribution in [0.2, 0.25) is 0 Å². The molecular weight excluding hydrogens is 140 g/mol. The third-order valence-electron chi connectivity index (χ3n) is 2.50. The summed E-state index contributed by atoms with van der Waals surface area (Å²) >= 11 is 0. The second-order valence-corrected chi connectivity index (χ2v) is 3.29. The smallest absolute Gasteiger partial charge is 0.120 e. The lowest BCUT2D eigenvalue weighted by Gasteiger charge is -2.26. The van der Waals surface area contributed by atoms with E-state index in [-0.39, 0.29) is 0 Å². The lowest BCUT2D eigenvalue weighted by molar-refractivity contribution is -0.109. The number of hydrogen-bond donors (Lipinski definition) is 0. The Morgan fingerprint density at radius 2 is 2.36 bits per heavy atom. The van der Waals surface area contributed by atoms with Crippen molar-refractivity contribution in [2.45, 2.75) is 38.2 Å². The molecule has 0 bridgehead atoms. The van der Waals surface area contributed by atoms with E-state index in [1.807, 2.05) is 0 Å². The lowest BCUT2D eigenvalue weighted by Crippen LogP contribution is -2.21. The molecule has 1 fully saturated rings. The molecule has 1 aliphatic carbocycles. The van der Waals surface area contributed by atoms with Gasteiger partial charge in [-0.2, -0.15) is 0 Å². The van der Waals surface area contributed by atoms with Gasteiger partial charge in [0.25, 0.3) is 0 Å². The van der Waals surface area contributed by atoms with Gasteiger partial charge in [0.1, 0.15) is 6.29 Å². The molecule has 0 aliphatic heterocycles. The summed E-state index contributed by atoms with van der Waals surface area (Å²) in [6.07, 6.45) is 6.84. The summed E-state index contributed by atoms with van der Waals surface area (Å²) in [6, 6.07) is 0. The molecule has 0 unspecified atom stereocenters. The van der Waals surface area contributed by atoms with Crippen molar-refractivity contribution >= 4 is 6.29 Å². The van der Waals surface area contributed by atoms with Gasteiger partial charge < -0.3 is 9.53 Å². The van der Waals surface area contributed by atoms with Crippen molar-refractivity contribution in [2.24, 2.45) is 5.92 Å². The lowest BCUT2D eigenvalue weighted by atomic mass is 9.85. The summed E-state index contributed by atoms with van der Waals surface area (Å²) < 4.78 is 5.25. The molecule has 11 heavy (non-hydrogen) atoms. The molecular formula is C9H16O2. The third-order valence-corrected chi connectivity index (χ3v) is 2.50. The maximum absolute atomic E-state index is 10.2. The van der Waals surface area contributed by atoms with Gasteiger partial charge in [0, 0.05) is 13.5 Å². The van der Waals surface area contributed by atoms with Crippen molar-refractivity contribution in [1.82, 2.24) is 0 Å². The maximum atomic E-state index is 10.2. The molecule has 0 spiro atoms. The molecule has 0 radical (unpaired) electrons. The van der Waals surface area contributed by atoms with Gasteiger partial charge >= 0.3 is 0 Å². The van der Waals surface area contributed by atoms with E-state index in [4.69, 9.17) is 4.74 Å². The van der Waals surface area contributed by atoms with Gasteiger partial charge in [0.2, 0.25) is 0 Å². The van der Waals surface area contributed by atoms with Crippen molar-refractivity contribution in [2.75, 3.05) is 7.11 Å². The van der Waals surface area contributed by atoms with E-state index >= 15 is 0 Å². The second-order valence-electron chi connectivity index (χ2n) is 3.29. The highest BCUT2D eigenvalue weighted by molar-refractivity contribution is 5.49. The van der Waals surface area contributed by atoms with Gasteiger partial charge in [-0.15, -0.1) is 0 Å². The summed E-state index contributed by atoms with van der Waals surface area (Å²) in [5.41, 5.74) is 0. The molecule has 2 nitrogen and oxygen atoms in total. The molecule has 0 N–H and O–H groups in total. The Bertz CT molecular complexity index is 123. The molecule has 64 valence electrons. The molecule has 1 rings (SSSR count). The molecule has 1 aliphatic rings. The van der Waals surface area contributed by atoms with Crippen LogP contribution in [0.4, 0.5) is 0 Å². The standard InChI is InChI=1S/C9H16O2/c1-11-9-4-2-3-8(7-9)5-6-10/h6,8-9H,2-5,7H2,1H3/t8-,9-/m0/s1. The van der Waals surface area contributed by atoms with Crippen molar-refractivity contribution in [1.29, 1.82) is 0 Å². The van der Waals surface area contributed by atoms with E-state index in [1.165, 1.54) is 19.3 Å². The number of hydrogen-bond acceptors (Lipinski definition) is 2. The highest BCUT2D eigenvalue weighted by Crippen LogP contribution is 2.27. The first-order valence-electron chi connectivity index (χ1n) is 4.33. The average Bonchev–Trinajstić information content (AvgIpc) is 2.06. The first-order chi connectivity index (χ1) is 5.36. The fraction of sp³-hybridized carbons (Fsp3) is 0.889. The first kappa shape index (κ1) is 8.72. The van der Waals surface area contributed by atoms with Crippen LogP contribution in [-0.4, -0.2) is 19.5 Å². The van der Waals surface area contributed by atoms with Crippen LogP contribution in [0, 0.1) is 5.92 Å². The molecule has 0 aromatic rings. The number of methoxy groups -OCH3 is 1. The van der Waals surface area contributed by atoms with Crippen LogP contribution < -0.4 is 0 Å². The number of rotatable bonds is 3. The first-order valence-corrected chi connectivity index (χ1v) is 4.33. The Morgan fingerprint density at radius 3 is 3.00 bits per heavy atom. The number of ether oxygens (including phenoxy) is 1. The summed E-state index contributed by atoms with van der Waals surface area (Å²) in [7, 11) is 1.76. The zero-order chi connectivity index (χ0) is 8.10. The summed E-state index contributed by atoms with van der Waals surface area (Å²) in [5, 5.41) is 0. The zero-order valence-corrected chi connectivity index (χ0v) is 7.08. The highest BCUT2D eigenvalue weighted by Gasteiger charge is 2.20. The summed E-state index contributed by atoms with van der Waals surface area (Å²) in [6.45, 7) is 0. The van der Waals surface area contributed by atoms with Crippen LogP contribution in [0.1, 0.15) is 32.1 Å². The van der Waals surface area contributed by atoms with E-state index in [0.29, 0.717) is 12.0 Å². The van der Waals surface area contributed by atoms with Crippen LogP contribution in [0.25, 0.3) is 0 Å². The van der Waals surface area contributed by atoms with Gasteiger partial charge in [0.15, 0.2) is 0 Å². The number of carbonyl (C=O) groups is 1. The van der Waals surface area contributed by atoms with Crippen LogP contribution in [0.5, 0.6) is 0 Å². The molecule has 0 saturated heterocycles. The topological polar surface area (TPSA) is 26.3 Å². The molecule has 1 saturated carbocycles. The van der Waals surface area contributed by atoms with Crippen molar-refractivity contribution in [3.05, 3.63) is 0 Å². The van der Waals surface area contributed by atoms with Crippen molar-refractivity contribution in [3.63, 3.8) is 0 Å². The average molecular weight is 156 g/mol. The fourth-order valence-corrected chi connectivity index (χ4v) is 1.81. The SMILES string of the molecule is CO[C@H]1CCC[C@@H](CC=O)C1. The predicted molar refractivity (Wildman–Crippen MR) is 43.4 cm³/mol. The fourth-order valence-electron chi connectivity index (χ4n) is 1.81. The maximum Gasteiger partial charge on any atom is 0.120 e. The minimum atomic E-state index is 0.411. The monoisotopic (exact) mass is 156 g/mol. The third kappa shape index (κ3) is 2.62. The van der Waals surface area contributed by atoms with E-state index in [0.717, 1.165) is 19.1 Å². The van der Waals surface area contributed by atoms with Gasteiger partial charge in [-0.1, -0.05) is 6.42 Å². The van der Waals surface area contributed by atoms with Crippen molar-refractivity contribution in [3.8, 4) is 0 Å². The van der Waals surface area contributed by atoms with Crippen LogP contribution in [0.3, 0.4) is 0 Å². The molecule has 2 atom stereocenters. The minimum absolute atomic E-state index is 0.411. The van der Waals surface area contributed by atoms with E-state index in [9.17, 15) is 4.79 Å². The molecule has 0 heterocycles. The quantitative estimate of drug-likeness (QED) is 0.582. The number of carbonyl (C=O) groups excluding carboxylic acids is 1. The Kier molecular flexibility index (Phi) is 3.57. The Hall–Kier alpha value is -0.370. The van der Waals surface area contributed by atoms with E-state index in [1.54, 1.807) is 7.11 Å². The summed E-state index contributed by atoms with van der Waals surface area (Å²) in [5.74, 6) is 0.589. The van der Waals surface area contributed by atoms with Crippen LogP contribution >= 0.6 is 0 Å². The zero-order valence-electron chi connectivity index (χ0n) is 7.08.